The summed E-state index contributed by atoms with van der Waals surface area (Å²) in [4.78, 5) is 27.1. The molecule has 7 nitrogen and oxygen atoms in total. The molecule has 1 aliphatic heterocycles. The third-order valence-electron chi connectivity index (χ3n) is 5.65. The Balaban J connectivity index is 1.58. The molecule has 3 rings (SSSR count). The summed E-state index contributed by atoms with van der Waals surface area (Å²) in [6.45, 7) is 11.8. The fourth-order valence-electron chi connectivity index (χ4n) is 3.95. The first-order chi connectivity index (χ1) is 15.6. The van der Waals surface area contributed by atoms with Crippen LogP contribution >= 0.6 is 0 Å². The van der Waals surface area contributed by atoms with Gasteiger partial charge in [-0.1, -0.05) is 24.3 Å². The van der Waals surface area contributed by atoms with Gasteiger partial charge in [0.2, 0.25) is 0 Å². The highest BCUT2D eigenvalue weighted by atomic mass is 16.6. The third kappa shape index (κ3) is 7.09. The number of carbonyl (C=O) groups excluding carboxylic acids is 2. The molecule has 1 saturated heterocycles. The highest BCUT2D eigenvalue weighted by Crippen LogP contribution is 2.26. The number of piperidine rings is 1. The molecule has 2 heterocycles. The summed E-state index contributed by atoms with van der Waals surface area (Å²) in [6, 6.07) is 11.9. The minimum Gasteiger partial charge on any atom is -0.444 e. The van der Waals surface area contributed by atoms with Gasteiger partial charge in [0, 0.05) is 31.9 Å². The second kappa shape index (κ2) is 10.9. The Morgan fingerprint density at radius 3 is 2.36 bits per heavy atom. The number of likely N-dealkylation sites (tertiary alicyclic amines) is 1. The Labute approximate surface area is 197 Å². The van der Waals surface area contributed by atoms with Gasteiger partial charge < -0.3 is 24.3 Å². The number of hydrogen-bond donors (Lipinski definition) is 1. The van der Waals surface area contributed by atoms with Crippen molar-refractivity contribution in [2.45, 2.75) is 78.4 Å². The van der Waals surface area contributed by atoms with E-state index in [-0.39, 0.29) is 24.1 Å². The summed E-state index contributed by atoms with van der Waals surface area (Å²) < 4.78 is 13.3. The van der Waals surface area contributed by atoms with Gasteiger partial charge in [-0.2, -0.15) is 0 Å². The lowest BCUT2D eigenvalue weighted by molar-refractivity contribution is 0.0187. The van der Waals surface area contributed by atoms with Crippen molar-refractivity contribution in [1.82, 2.24) is 14.8 Å². The number of benzene rings is 1. The first kappa shape index (κ1) is 24.8. The molecule has 0 aliphatic carbocycles. The van der Waals surface area contributed by atoms with Crippen LogP contribution in [-0.4, -0.2) is 46.3 Å². The van der Waals surface area contributed by atoms with Crippen molar-refractivity contribution >= 4 is 12.0 Å². The van der Waals surface area contributed by atoms with Gasteiger partial charge in [0.25, 0.3) is 5.91 Å². The second-order valence-electron chi connectivity index (χ2n) is 9.81. The zero-order chi connectivity index (χ0) is 24.0. The number of amides is 2. The van der Waals surface area contributed by atoms with Gasteiger partial charge in [0.15, 0.2) is 0 Å². The largest absolute Gasteiger partial charge is 0.444 e. The first-order valence-corrected chi connectivity index (χ1v) is 11.8. The van der Waals surface area contributed by atoms with Crippen LogP contribution in [0.15, 0.2) is 42.6 Å². The molecular weight excluding hydrogens is 418 g/mol. The van der Waals surface area contributed by atoms with E-state index < -0.39 is 5.60 Å². The van der Waals surface area contributed by atoms with Crippen LogP contribution in [-0.2, 0) is 22.6 Å². The van der Waals surface area contributed by atoms with E-state index in [9.17, 15) is 9.59 Å². The fraction of sp³-hybridized carbons (Fsp3) is 0.538. The van der Waals surface area contributed by atoms with Crippen LogP contribution in [0.2, 0.25) is 0 Å². The lowest BCUT2D eigenvalue weighted by Gasteiger charge is -2.34. The molecule has 1 aliphatic rings. The lowest BCUT2D eigenvalue weighted by atomic mass is 10.0. The molecule has 0 bridgehead atoms. The smallest absolute Gasteiger partial charge is 0.410 e. The number of aromatic nitrogens is 1. The minimum atomic E-state index is -0.501. The van der Waals surface area contributed by atoms with Gasteiger partial charge in [0.1, 0.15) is 11.3 Å². The maximum absolute atomic E-state index is 13.0. The van der Waals surface area contributed by atoms with Crippen LogP contribution in [0.1, 0.15) is 75.1 Å². The van der Waals surface area contributed by atoms with Crippen molar-refractivity contribution in [3.05, 3.63) is 59.4 Å². The van der Waals surface area contributed by atoms with Crippen molar-refractivity contribution in [1.29, 1.82) is 0 Å². The molecule has 1 N–H and O–H groups in total. The topological polar surface area (TPSA) is 72.8 Å². The molecule has 1 aromatic heterocycles. The average molecular weight is 456 g/mol. The van der Waals surface area contributed by atoms with E-state index in [1.54, 1.807) is 4.90 Å². The molecule has 33 heavy (non-hydrogen) atoms. The van der Waals surface area contributed by atoms with E-state index in [1.807, 2.05) is 81.8 Å². The van der Waals surface area contributed by atoms with E-state index in [2.05, 4.69) is 5.32 Å². The number of nitrogens with zero attached hydrogens (tertiary/aromatic N) is 2. The molecule has 0 unspecified atom stereocenters. The van der Waals surface area contributed by atoms with Gasteiger partial charge in [-0.15, -0.1) is 0 Å². The standard InChI is InChI=1S/C26H37N3O4/c1-19(2)32-18-21-10-7-6-9-20(21)17-27-24(30)23-11-8-14-29(23)22-12-15-28(16-13-22)25(31)33-26(3,4)5/h6-11,14,19,22H,12-13,15-18H2,1-5H3,(H,27,30). The Bertz CT molecular complexity index is 937. The molecule has 0 saturated carbocycles. The molecule has 0 atom stereocenters. The first-order valence-electron chi connectivity index (χ1n) is 11.8. The molecule has 7 heteroatoms. The van der Waals surface area contributed by atoms with Gasteiger partial charge in [-0.3, -0.25) is 4.79 Å². The SMILES string of the molecule is CC(C)OCc1ccccc1CNC(=O)c1cccn1C1CCN(C(=O)OC(C)(C)C)CC1. The van der Waals surface area contributed by atoms with Gasteiger partial charge in [-0.25, -0.2) is 4.79 Å². The van der Waals surface area contributed by atoms with Crippen LogP contribution in [0.4, 0.5) is 4.79 Å². The van der Waals surface area contributed by atoms with Crippen LogP contribution in [0.3, 0.4) is 0 Å². The van der Waals surface area contributed by atoms with Crippen molar-refractivity contribution in [3.8, 4) is 0 Å². The zero-order valence-electron chi connectivity index (χ0n) is 20.5. The van der Waals surface area contributed by atoms with Gasteiger partial charge >= 0.3 is 6.09 Å². The van der Waals surface area contributed by atoms with Crippen LogP contribution in [0.5, 0.6) is 0 Å². The summed E-state index contributed by atoms with van der Waals surface area (Å²) in [5, 5.41) is 3.06. The molecule has 1 aromatic carbocycles. The van der Waals surface area contributed by atoms with E-state index in [1.165, 1.54) is 0 Å². The summed E-state index contributed by atoms with van der Waals surface area (Å²) in [7, 11) is 0. The monoisotopic (exact) mass is 455 g/mol. The maximum atomic E-state index is 13.0. The Hall–Kier alpha value is -2.80. The van der Waals surface area contributed by atoms with Crippen molar-refractivity contribution < 1.29 is 19.1 Å². The Kier molecular flexibility index (Phi) is 8.19. The minimum absolute atomic E-state index is 0.103. The Morgan fingerprint density at radius 1 is 1.06 bits per heavy atom. The van der Waals surface area contributed by atoms with Crippen LogP contribution in [0.25, 0.3) is 0 Å². The van der Waals surface area contributed by atoms with Crippen molar-refractivity contribution in [2.75, 3.05) is 13.1 Å². The fourth-order valence-corrected chi connectivity index (χ4v) is 3.95. The van der Waals surface area contributed by atoms with E-state index in [4.69, 9.17) is 9.47 Å². The molecular formula is C26H37N3O4. The molecule has 2 amide bonds. The summed E-state index contributed by atoms with van der Waals surface area (Å²) in [5.74, 6) is -0.103. The maximum Gasteiger partial charge on any atom is 0.410 e. The van der Waals surface area contributed by atoms with Crippen LogP contribution in [0, 0.1) is 0 Å². The zero-order valence-corrected chi connectivity index (χ0v) is 20.5. The molecule has 180 valence electrons. The summed E-state index contributed by atoms with van der Waals surface area (Å²) in [5.41, 5.74) is 2.27. The van der Waals surface area contributed by atoms with E-state index in [0.29, 0.717) is 31.9 Å². The quantitative estimate of drug-likeness (QED) is 0.644. The number of carbonyl (C=O) groups is 2. The predicted molar refractivity (Wildman–Crippen MR) is 128 cm³/mol. The Morgan fingerprint density at radius 2 is 1.73 bits per heavy atom. The van der Waals surface area contributed by atoms with Crippen molar-refractivity contribution in [3.63, 3.8) is 0 Å². The van der Waals surface area contributed by atoms with E-state index in [0.717, 1.165) is 24.0 Å². The third-order valence-corrected chi connectivity index (χ3v) is 5.65. The number of hydrogen-bond acceptors (Lipinski definition) is 4. The predicted octanol–water partition coefficient (Wildman–Crippen LogP) is 4.92. The molecule has 0 radical (unpaired) electrons. The normalized spacial score (nSPS) is 15.0. The highest BCUT2D eigenvalue weighted by molar-refractivity contribution is 5.92. The summed E-state index contributed by atoms with van der Waals surface area (Å²) in [6.07, 6.45) is 3.39. The highest BCUT2D eigenvalue weighted by Gasteiger charge is 2.28. The van der Waals surface area contributed by atoms with Crippen LogP contribution < -0.4 is 5.32 Å². The number of rotatable bonds is 7. The molecule has 1 fully saturated rings. The van der Waals surface area contributed by atoms with Crippen molar-refractivity contribution in [2.24, 2.45) is 0 Å². The van der Waals surface area contributed by atoms with E-state index >= 15 is 0 Å². The second-order valence-corrected chi connectivity index (χ2v) is 9.81. The lowest BCUT2D eigenvalue weighted by Crippen LogP contribution is -2.42. The molecule has 2 aromatic rings. The summed E-state index contributed by atoms with van der Waals surface area (Å²) >= 11 is 0. The number of ether oxygens (including phenoxy) is 2. The molecule has 0 spiro atoms. The van der Waals surface area contributed by atoms with Gasteiger partial charge in [0.05, 0.1) is 12.7 Å². The average Bonchev–Trinajstić information content (AvgIpc) is 3.25. The van der Waals surface area contributed by atoms with Gasteiger partial charge in [-0.05, 0) is 70.7 Å². The number of nitrogens with one attached hydrogen (secondary N) is 1.